The van der Waals surface area contributed by atoms with Gasteiger partial charge in [0.15, 0.2) is 11.7 Å². The van der Waals surface area contributed by atoms with E-state index in [9.17, 15) is 24.3 Å². The van der Waals surface area contributed by atoms with Crippen molar-refractivity contribution in [2.75, 3.05) is 0 Å². The molecule has 0 spiro atoms. The molecule has 0 aliphatic carbocycles. The highest BCUT2D eigenvalue weighted by atomic mass is 16.5. The topological polar surface area (TPSA) is 182 Å². The van der Waals surface area contributed by atoms with Crippen molar-refractivity contribution in [1.29, 1.82) is 0 Å². The number of rotatable bonds is 7. The van der Waals surface area contributed by atoms with Crippen molar-refractivity contribution in [2.45, 2.75) is 32.1 Å². The van der Waals surface area contributed by atoms with Crippen LogP contribution in [-0.4, -0.2) is 39.9 Å². The van der Waals surface area contributed by atoms with Crippen LogP contribution in [0.1, 0.15) is 51.1 Å². The Morgan fingerprint density at radius 3 is 2.48 bits per heavy atom. The first-order valence-electron chi connectivity index (χ1n) is 10.2. The quantitative estimate of drug-likeness (QED) is 0.160. The van der Waals surface area contributed by atoms with Gasteiger partial charge in [-0.15, -0.1) is 0 Å². The summed E-state index contributed by atoms with van der Waals surface area (Å²) in [5.74, 6) is -5.06. The molecule has 2 aromatic rings. The predicted molar refractivity (Wildman–Crippen MR) is 118 cm³/mol. The number of nitrogens with two attached hydrogens (primary N) is 2. The minimum atomic E-state index is -1.36. The van der Waals surface area contributed by atoms with Gasteiger partial charge < -0.3 is 26.4 Å². The molecule has 1 aliphatic heterocycles. The number of hydrogen-bond acceptors (Lipinski definition) is 6. The average molecular weight is 453 g/mol. The number of aliphatic imine (C=N–C) groups is 1. The van der Waals surface area contributed by atoms with Crippen LogP contribution in [0, 0.1) is 5.92 Å². The maximum atomic E-state index is 12.9. The van der Waals surface area contributed by atoms with Crippen LogP contribution in [0.3, 0.4) is 0 Å². The average Bonchev–Trinajstić information content (AvgIpc) is 2.79. The summed E-state index contributed by atoms with van der Waals surface area (Å²) >= 11 is 0. The fourth-order valence-corrected chi connectivity index (χ4v) is 3.79. The molecular formula is C23H23N3O7. The molecule has 0 radical (unpaired) electrons. The second kappa shape index (κ2) is 9.94. The van der Waals surface area contributed by atoms with Crippen molar-refractivity contribution in [2.24, 2.45) is 22.4 Å². The van der Waals surface area contributed by atoms with Gasteiger partial charge in [0.05, 0.1) is 23.6 Å². The monoisotopic (exact) mass is 453 g/mol. The lowest BCUT2D eigenvalue weighted by Crippen LogP contribution is -2.22. The van der Waals surface area contributed by atoms with Gasteiger partial charge in [-0.05, 0) is 49.1 Å². The number of Topliss-reactive ketones (excluding diaryl/α,β-unsaturated/α-hetero) is 1. The first-order valence-corrected chi connectivity index (χ1v) is 10.2. The predicted octanol–water partition coefficient (Wildman–Crippen LogP) is 2.05. The van der Waals surface area contributed by atoms with Gasteiger partial charge in [-0.2, -0.15) is 0 Å². The standard InChI is InChI=1S/C23H23N3O7/c24-23(25)26-14-7-8-15-12(9-14)3-1-5-17-16(4-2-6-19(17)33-22(15)32)18(27)10-13(21(30)31)11-20(28)29/h2,4,6-9,13H,1,3,5,10-11H2,(H,28,29)(H,30,31)(H4,24,25,26)/t13-/m0/s1. The summed E-state index contributed by atoms with van der Waals surface area (Å²) in [7, 11) is 0. The molecule has 10 nitrogen and oxygen atoms in total. The zero-order valence-electron chi connectivity index (χ0n) is 17.6. The largest absolute Gasteiger partial charge is 0.481 e. The second-order valence-corrected chi connectivity index (χ2v) is 7.66. The van der Waals surface area contributed by atoms with E-state index in [-0.39, 0.29) is 17.3 Å². The Hall–Kier alpha value is -4.21. The van der Waals surface area contributed by atoms with E-state index >= 15 is 0 Å². The van der Waals surface area contributed by atoms with E-state index in [0.29, 0.717) is 41.6 Å². The number of carboxylic acid groups (broad SMARTS) is 2. The maximum Gasteiger partial charge on any atom is 0.343 e. The fraction of sp³-hybridized carbons (Fsp3) is 0.261. The van der Waals surface area contributed by atoms with Gasteiger partial charge in [0.25, 0.3) is 0 Å². The van der Waals surface area contributed by atoms with Gasteiger partial charge in [-0.3, -0.25) is 14.4 Å². The van der Waals surface area contributed by atoms with Gasteiger partial charge in [0.1, 0.15) is 5.75 Å². The molecular weight excluding hydrogens is 430 g/mol. The molecule has 0 aromatic heterocycles. The summed E-state index contributed by atoms with van der Waals surface area (Å²) in [6.45, 7) is 0. The zero-order chi connectivity index (χ0) is 24.1. The van der Waals surface area contributed by atoms with Crippen LogP contribution < -0.4 is 16.2 Å². The van der Waals surface area contributed by atoms with E-state index in [1.165, 1.54) is 12.1 Å². The van der Waals surface area contributed by atoms with Crippen molar-refractivity contribution in [1.82, 2.24) is 0 Å². The Kier molecular flexibility index (Phi) is 7.07. The second-order valence-electron chi connectivity index (χ2n) is 7.66. The highest BCUT2D eigenvalue weighted by molar-refractivity contribution is 6.01. The molecule has 0 amide bonds. The van der Waals surface area contributed by atoms with Crippen LogP contribution in [0.15, 0.2) is 41.4 Å². The maximum absolute atomic E-state index is 12.9. The van der Waals surface area contributed by atoms with Crippen molar-refractivity contribution < 1.29 is 34.1 Å². The third-order valence-corrected chi connectivity index (χ3v) is 5.28. The first kappa shape index (κ1) is 23.5. The molecule has 0 bridgehead atoms. The number of aliphatic carboxylic acids is 2. The number of hydrogen-bond donors (Lipinski definition) is 4. The van der Waals surface area contributed by atoms with Crippen LogP contribution in [0.4, 0.5) is 5.69 Å². The molecule has 172 valence electrons. The third-order valence-electron chi connectivity index (χ3n) is 5.28. The van der Waals surface area contributed by atoms with Gasteiger partial charge >= 0.3 is 17.9 Å². The zero-order valence-corrected chi connectivity index (χ0v) is 17.6. The number of carboxylic acids is 2. The van der Waals surface area contributed by atoms with E-state index in [4.69, 9.17) is 21.3 Å². The summed E-state index contributed by atoms with van der Waals surface area (Å²) in [4.78, 5) is 52.1. The Labute approximate surface area is 188 Å². The highest BCUT2D eigenvalue weighted by Gasteiger charge is 2.27. The number of carbonyl (C=O) groups is 4. The minimum absolute atomic E-state index is 0.112. The lowest BCUT2D eigenvalue weighted by molar-refractivity contribution is -0.148. The minimum Gasteiger partial charge on any atom is -0.481 e. The Balaban J connectivity index is 1.92. The molecule has 33 heavy (non-hydrogen) atoms. The van der Waals surface area contributed by atoms with Gasteiger partial charge in [0.2, 0.25) is 0 Å². The molecule has 1 aliphatic rings. The molecule has 1 heterocycles. The SMILES string of the molecule is NC(N)=Nc1ccc2c(c1)CCCc1c(cccc1C(=O)C[C@@H](CC(=O)O)C(=O)O)OC2=O. The number of aryl methyl sites for hydroxylation is 1. The van der Waals surface area contributed by atoms with Crippen LogP contribution in [0.2, 0.25) is 0 Å². The Morgan fingerprint density at radius 2 is 1.82 bits per heavy atom. The van der Waals surface area contributed by atoms with E-state index in [1.807, 2.05) is 0 Å². The summed E-state index contributed by atoms with van der Waals surface area (Å²) in [6, 6.07) is 9.48. The van der Waals surface area contributed by atoms with Crippen molar-refractivity contribution in [3.63, 3.8) is 0 Å². The smallest absolute Gasteiger partial charge is 0.343 e. The van der Waals surface area contributed by atoms with E-state index < -0.39 is 42.5 Å². The molecule has 0 fully saturated rings. The number of ether oxygens (including phenoxy) is 1. The lowest BCUT2D eigenvalue weighted by Gasteiger charge is -2.15. The van der Waals surface area contributed by atoms with Crippen LogP contribution in [-0.2, 0) is 22.4 Å². The fourth-order valence-electron chi connectivity index (χ4n) is 3.79. The number of ketones is 1. The van der Waals surface area contributed by atoms with Gasteiger partial charge in [0, 0.05) is 17.5 Å². The number of nitrogens with zero attached hydrogens (tertiary/aromatic N) is 1. The normalized spacial score (nSPS) is 13.8. The summed E-state index contributed by atoms with van der Waals surface area (Å²) in [5, 5.41) is 18.2. The van der Waals surface area contributed by atoms with Crippen LogP contribution >= 0.6 is 0 Å². The van der Waals surface area contributed by atoms with Crippen molar-refractivity contribution in [3.8, 4) is 5.75 Å². The van der Waals surface area contributed by atoms with E-state index in [1.54, 1.807) is 24.3 Å². The lowest BCUT2D eigenvalue weighted by atomic mass is 9.91. The van der Waals surface area contributed by atoms with Crippen LogP contribution in [0.25, 0.3) is 0 Å². The molecule has 3 rings (SSSR count). The summed E-state index contributed by atoms with van der Waals surface area (Å²) in [6.07, 6.45) is 0.278. The number of carbonyl (C=O) groups excluding carboxylic acids is 2. The van der Waals surface area contributed by atoms with Crippen molar-refractivity contribution >= 4 is 35.3 Å². The molecule has 6 N–H and O–H groups in total. The third kappa shape index (κ3) is 5.73. The van der Waals surface area contributed by atoms with Gasteiger partial charge in [-0.1, -0.05) is 12.1 Å². The molecule has 10 heteroatoms. The molecule has 0 saturated carbocycles. The Bertz CT molecular complexity index is 1150. The van der Waals surface area contributed by atoms with Crippen molar-refractivity contribution in [3.05, 3.63) is 58.7 Å². The van der Waals surface area contributed by atoms with E-state index in [2.05, 4.69) is 4.99 Å². The summed E-state index contributed by atoms with van der Waals surface area (Å²) in [5.41, 5.74) is 13.1. The first-order chi connectivity index (χ1) is 15.7. The molecule has 2 aromatic carbocycles. The molecule has 0 unspecified atom stereocenters. The number of benzene rings is 2. The molecule has 0 saturated heterocycles. The van der Waals surface area contributed by atoms with E-state index in [0.717, 1.165) is 0 Å². The van der Waals surface area contributed by atoms with Crippen LogP contribution in [0.5, 0.6) is 5.75 Å². The number of guanidine groups is 1. The molecule has 1 atom stereocenters. The summed E-state index contributed by atoms with van der Waals surface area (Å²) < 4.78 is 5.59. The number of fused-ring (bicyclic) bond motifs is 2. The Morgan fingerprint density at radius 1 is 1.06 bits per heavy atom. The highest BCUT2D eigenvalue weighted by Crippen LogP contribution is 2.31. The number of esters is 1. The van der Waals surface area contributed by atoms with Gasteiger partial charge in [-0.25, -0.2) is 9.79 Å².